The lowest BCUT2D eigenvalue weighted by atomic mass is 10.1. The number of Topliss-reactive ketones (excluding diaryl/α,β-unsaturated/α-hetero) is 1. The first-order chi connectivity index (χ1) is 20.7. The molecule has 0 amide bonds. The second-order valence-corrected chi connectivity index (χ2v) is 14.2. The Kier molecular flexibility index (Phi) is 11.6. The molecule has 0 aromatic heterocycles. The summed E-state index contributed by atoms with van der Waals surface area (Å²) in [5, 5.41) is 1.13. The van der Waals surface area contributed by atoms with E-state index in [4.69, 9.17) is 37.4 Å². The van der Waals surface area contributed by atoms with Gasteiger partial charge in [0.05, 0.1) is 30.8 Å². The first-order valence-corrected chi connectivity index (χ1v) is 16.5. The topological polar surface area (TPSA) is 85.4 Å². The molecule has 2 aromatic carbocycles. The molecule has 0 spiro atoms. The van der Waals surface area contributed by atoms with Crippen LogP contribution in [-0.4, -0.2) is 89.2 Å². The fourth-order valence-electron chi connectivity index (χ4n) is 5.51. The molecule has 3 atom stereocenters. The average molecular weight is 682 g/mol. The fourth-order valence-corrected chi connectivity index (χ4v) is 7.71. The van der Waals surface area contributed by atoms with E-state index in [0.717, 1.165) is 11.1 Å². The number of alkyl halides is 3. The van der Waals surface area contributed by atoms with Crippen molar-refractivity contribution in [3.8, 4) is 5.75 Å². The van der Waals surface area contributed by atoms with Crippen molar-refractivity contribution < 1.29 is 40.6 Å². The Morgan fingerprint density at radius 2 is 1.82 bits per heavy atom. The number of hydrogen-bond donors (Lipinski definition) is 0. The molecule has 1 aliphatic carbocycles. The Balaban J connectivity index is 1.28. The van der Waals surface area contributed by atoms with E-state index in [1.807, 2.05) is 27.1 Å². The van der Waals surface area contributed by atoms with E-state index in [1.54, 1.807) is 24.3 Å². The van der Waals surface area contributed by atoms with Crippen LogP contribution in [0.2, 0.25) is 10.0 Å². The Morgan fingerprint density at radius 1 is 1.09 bits per heavy atom. The van der Waals surface area contributed by atoms with Crippen LogP contribution in [-0.2, 0) is 30.7 Å². The normalized spacial score (nSPS) is 20.8. The van der Waals surface area contributed by atoms with Gasteiger partial charge in [0, 0.05) is 41.7 Å². The van der Waals surface area contributed by atoms with Crippen LogP contribution in [0.5, 0.6) is 5.75 Å². The van der Waals surface area contributed by atoms with Crippen LogP contribution in [0, 0.1) is 12.8 Å². The number of benzene rings is 2. The van der Waals surface area contributed by atoms with E-state index in [0.29, 0.717) is 53.9 Å². The minimum absolute atomic E-state index is 0.00179. The number of ether oxygens (including phenoxy) is 3. The summed E-state index contributed by atoms with van der Waals surface area (Å²) in [5.74, 6) is -1.18. The number of fused-ring (bicyclic) bond motifs is 1. The van der Waals surface area contributed by atoms with E-state index >= 15 is 0 Å². The van der Waals surface area contributed by atoms with Crippen LogP contribution in [0.15, 0.2) is 35.2 Å². The monoisotopic (exact) mass is 680 g/mol. The average Bonchev–Trinajstić information content (AvgIpc) is 3.56. The van der Waals surface area contributed by atoms with Crippen molar-refractivity contribution in [2.75, 3.05) is 53.6 Å². The van der Waals surface area contributed by atoms with Gasteiger partial charge >= 0.3 is 6.18 Å². The van der Waals surface area contributed by atoms with Crippen LogP contribution in [0.4, 0.5) is 13.2 Å². The van der Waals surface area contributed by atoms with Crippen molar-refractivity contribution in [2.24, 2.45) is 5.92 Å². The number of halogens is 5. The Morgan fingerprint density at radius 3 is 2.50 bits per heavy atom. The van der Waals surface area contributed by atoms with Gasteiger partial charge in [-0.3, -0.25) is 4.79 Å². The zero-order chi connectivity index (χ0) is 32.2. The number of sulfonamides is 1. The van der Waals surface area contributed by atoms with Gasteiger partial charge in [0.25, 0.3) is 0 Å². The molecule has 14 heteroatoms. The highest BCUT2D eigenvalue weighted by atomic mass is 35.5. The number of nitrogens with zero attached hydrogens (tertiary/aromatic N) is 2. The molecule has 44 heavy (non-hydrogen) atoms. The summed E-state index contributed by atoms with van der Waals surface area (Å²) in [6, 6.07) is 8.50. The highest BCUT2D eigenvalue weighted by Gasteiger charge is 2.39. The summed E-state index contributed by atoms with van der Waals surface area (Å²) in [6.07, 6.45) is -4.43. The summed E-state index contributed by atoms with van der Waals surface area (Å²) in [7, 11) is 0.213. The van der Waals surface area contributed by atoms with Crippen molar-refractivity contribution in [3.05, 3.63) is 57.1 Å². The molecule has 0 unspecified atom stereocenters. The molecular formula is C30H37Cl2F3N2O6S. The predicted octanol–water partition coefficient (Wildman–Crippen LogP) is 5.86. The second-order valence-electron chi connectivity index (χ2n) is 11.4. The lowest BCUT2D eigenvalue weighted by molar-refractivity contribution is -0.171. The van der Waals surface area contributed by atoms with Crippen molar-refractivity contribution in [1.29, 1.82) is 0 Å². The first-order valence-electron chi connectivity index (χ1n) is 14.4. The van der Waals surface area contributed by atoms with Gasteiger partial charge in [-0.25, -0.2) is 8.42 Å². The Bertz CT molecular complexity index is 1440. The van der Waals surface area contributed by atoms with Gasteiger partial charge in [-0.05, 0) is 87.7 Å². The van der Waals surface area contributed by atoms with Gasteiger partial charge in [-0.15, -0.1) is 0 Å². The van der Waals surface area contributed by atoms with Gasteiger partial charge in [0.2, 0.25) is 15.8 Å². The quantitative estimate of drug-likeness (QED) is 0.231. The maximum Gasteiger partial charge on any atom is 0.449 e. The lowest BCUT2D eigenvalue weighted by Gasteiger charge is -2.28. The SMILES string of the molecule is Cc1cc(S(=O)(=O)N2CC[C@H](COCCOCCCC(=O)C(F)(F)F)C2)ccc1O[C@H]1c2cc(Cl)cc(Cl)c2C[C@@H]1N(C)C. The summed E-state index contributed by atoms with van der Waals surface area (Å²) in [5.41, 5.74) is 2.60. The van der Waals surface area contributed by atoms with Crippen LogP contribution in [0.3, 0.4) is 0 Å². The molecule has 244 valence electrons. The van der Waals surface area contributed by atoms with E-state index in [-0.39, 0.29) is 49.2 Å². The third-order valence-electron chi connectivity index (χ3n) is 7.95. The fraction of sp³-hybridized carbons (Fsp3) is 0.567. The molecule has 8 nitrogen and oxygen atoms in total. The van der Waals surface area contributed by atoms with Gasteiger partial charge < -0.3 is 19.1 Å². The molecule has 0 bridgehead atoms. The van der Waals surface area contributed by atoms with Crippen molar-refractivity contribution in [3.63, 3.8) is 0 Å². The van der Waals surface area contributed by atoms with E-state index < -0.39 is 28.4 Å². The molecule has 2 aromatic rings. The molecular weight excluding hydrogens is 644 g/mol. The minimum atomic E-state index is -4.81. The number of carbonyl (C=O) groups excluding carboxylic acids is 1. The van der Waals surface area contributed by atoms with Gasteiger partial charge in [-0.1, -0.05) is 23.2 Å². The molecule has 0 saturated carbocycles. The highest BCUT2D eigenvalue weighted by molar-refractivity contribution is 7.89. The number of aryl methyl sites for hydroxylation is 1. The Hall–Kier alpha value is -1.93. The first kappa shape index (κ1) is 34.9. The number of hydrogen-bond acceptors (Lipinski definition) is 7. The molecule has 0 N–H and O–H groups in total. The van der Waals surface area contributed by atoms with Crippen molar-refractivity contribution in [1.82, 2.24) is 9.21 Å². The van der Waals surface area contributed by atoms with Crippen molar-refractivity contribution >= 4 is 39.0 Å². The third-order valence-corrected chi connectivity index (χ3v) is 10.4. The molecule has 1 fully saturated rings. The van der Waals surface area contributed by atoms with Crippen LogP contribution in [0.1, 0.15) is 42.1 Å². The number of likely N-dealkylation sites (N-methyl/N-ethyl adjacent to an activating group) is 1. The minimum Gasteiger partial charge on any atom is -0.484 e. The number of carbonyl (C=O) groups is 1. The number of ketones is 1. The summed E-state index contributed by atoms with van der Waals surface area (Å²) in [6.45, 7) is 3.23. The number of rotatable bonds is 14. The zero-order valence-corrected chi connectivity index (χ0v) is 27.2. The zero-order valence-electron chi connectivity index (χ0n) is 24.8. The lowest BCUT2D eigenvalue weighted by Crippen LogP contribution is -2.34. The standard InChI is InChI=1S/C30H37Cl2F3N2O6S/c1-19-13-22(6-7-27(19)43-29-24-14-21(31)15-25(32)23(24)16-26(29)36(2)3)44(39,40)37-9-8-20(17-37)18-42-12-11-41-10-4-5-28(38)30(33,34)35/h6-7,13-15,20,26,29H,4-5,8-12,16-18H2,1-3H3/t20-,26-,29-/m0/s1. The van der Waals surface area contributed by atoms with Crippen LogP contribution >= 0.6 is 23.2 Å². The summed E-state index contributed by atoms with van der Waals surface area (Å²) in [4.78, 5) is 13.1. The van der Waals surface area contributed by atoms with Gasteiger partial charge in [-0.2, -0.15) is 17.5 Å². The molecule has 0 radical (unpaired) electrons. The Labute approximate surface area is 266 Å². The largest absolute Gasteiger partial charge is 0.484 e. The van der Waals surface area contributed by atoms with Crippen LogP contribution < -0.4 is 4.74 Å². The molecule has 4 rings (SSSR count). The second kappa shape index (κ2) is 14.7. The van der Waals surface area contributed by atoms with Gasteiger partial charge in [0.15, 0.2) is 0 Å². The maximum absolute atomic E-state index is 13.4. The summed E-state index contributed by atoms with van der Waals surface area (Å²) < 4.78 is 82.3. The predicted molar refractivity (Wildman–Crippen MR) is 161 cm³/mol. The van der Waals surface area contributed by atoms with Gasteiger partial charge in [0.1, 0.15) is 11.9 Å². The molecule has 1 aliphatic heterocycles. The molecule has 2 aliphatic rings. The molecule has 1 heterocycles. The molecule has 1 saturated heterocycles. The highest BCUT2D eigenvalue weighted by Crippen LogP contribution is 2.43. The van der Waals surface area contributed by atoms with E-state index in [2.05, 4.69) is 4.90 Å². The van der Waals surface area contributed by atoms with Crippen molar-refractivity contribution in [2.45, 2.75) is 55.8 Å². The third kappa shape index (κ3) is 8.45. The summed E-state index contributed by atoms with van der Waals surface area (Å²) >= 11 is 12.8. The van der Waals surface area contributed by atoms with E-state index in [9.17, 15) is 26.4 Å². The van der Waals surface area contributed by atoms with E-state index in [1.165, 1.54) is 4.31 Å². The maximum atomic E-state index is 13.4. The smallest absolute Gasteiger partial charge is 0.449 e. The van der Waals surface area contributed by atoms with Crippen LogP contribution in [0.25, 0.3) is 0 Å².